The average molecular weight is 248 g/mol. The zero-order chi connectivity index (χ0) is 11.8. The fraction of sp³-hybridized carbons (Fsp3) is 0.308. The molecular formula is C13H12O3S. The lowest BCUT2D eigenvalue weighted by molar-refractivity contribution is -0.120. The summed E-state index contributed by atoms with van der Waals surface area (Å²) in [4.78, 5) is 13.8. The van der Waals surface area contributed by atoms with Gasteiger partial charge in [-0.15, -0.1) is 0 Å². The van der Waals surface area contributed by atoms with E-state index in [0.29, 0.717) is 6.61 Å². The Bertz CT molecular complexity index is 519. The number of hydrogen-bond donors (Lipinski definition) is 0. The van der Waals surface area contributed by atoms with Gasteiger partial charge in [0.15, 0.2) is 5.78 Å². The Morgan fingerprint density at radius 2 is 2.24 bits per heavy atom. The van der Waals surface area contributed by atoms with Gasteiger partial charge in [0.1, 0.15) is 12.4 Å². The molecule has 2 heterocycles. The molecule has 3 nitrogen and oxygen atoms in total. The zero-order valence-corrected chi connectivity index (χ0v) is 10.3. The number of ether oxygens (including phenoxy) is 2. The van der Waals surface area contributed by atoms with Gasteiger partial charge in [-0.3, -0.25) is 4.79 Å². The smallest absolute Gasteiger partial charge is 0.195 e. The first-order valence-corrected chi connectivity index (χ1v) is 6.27. The Morgan fingerprint density at radius 1 is 1.35 bits per heavy atom. The van der Waals surface area contributed by atoms with Gasteiger partial charge in [-0.2, -0.15) is 0 Å². The number of thioether (sulfide) groups is 1. The molecule has 0 amide bonds. The topological polar surface area (TPSA) is 35.5 Å². The summed E-state index contributed by atoms with van der Waals surface area (Å²) in [5.41, 5.74) is 2.36. The van der Waals surface area contributed by atoms with Gasteiger partial charge in [0.2, 0.25) is 0 Å². The number of fused-ring (bicyclic) bond motifs is 1. The zero-order valence-electron chi connectivity index (χ0n) is 9.49. The maximum absolute atomic E-state index is 11.8. The number of Topliss-reactive ketones (excluding diaryl/α,β-unsaturated/α-hetero) is 1. The molecule has 4 heteroatoms. The molecule has 1 aromatic rings. The first-order valence-electron chi connectivity index (χ1n) is 5.45. The summed E-state index contributed by atoms with van der Waals surface area (Å²) >= 11 is 1.55. The predicted molar refractivity (Wildman–Crippen MR) is 65.4 cm³/mol. The van der Waals surface area contributed by atoms with Gasteiger partial charge >= 0.3 is 0 Å². The van der Waals surface area contributed by atoms with E-state index in [0.717, 1.165) is 27.5 Å². The molecule has 1 aromatic carbocycles. The standard InChI is InChI=1S/C13H12O3S/c1-15-10-3-2-8-4-9-6-16-7-11(14)13(9)17-12(8)5-10/h2-3,5H,4,6-7H2,1H3. The number of carbonyl (C=O) groups is 1. The molecule has 0 N–H and O–H groups in total. The monoisotopic (exact) mass is 248 g/mol. The lowest BCUT2D eigenvalue weighted by Crippen LogP contribution is -2.23. The summed E-state index contributed by atoms with van der Waals surface area (Å²) in [6, 6.07) is 6.01. The van der Waals surface area contributed by atoms with Crippen molar-refractivity contribution in [1.82, 2.24) is 0 Å². The second-order valence-corrected chi connectivity index (χ2v) is 5.15. The number of hydrogen-bond acceptors (Lipinski definition) is 4. The quantitative estimate of drug-likeness (QED) is 0.763. The number of ketones is 1. The van der Waals surface area contributed by atoms with Crippen LogP contribution in [0.25, 0.3) is 0 Å². The fourth-order valence-electron chi connectivity index (χ4n) is 2.10. The van der Waals surface area contributed by atoms with E-state index in [9.17, 15) is 4.79 Å². The Kier molecular flexibility index (Phi) is 2.68. The van der Waals surface area contributed by atoms with Gasteiger partial charge < -0.3 is 9.47 Å². The minimum atomic E-state index is 0.102. The van der Waals surface area contributed by atoms with Crippen molar-refractivity contribution in [3.63, 3.8) is 0 Å². The maximum atomic E-state index is 11.8. The Balaban J connectivity index is 2.00. The number of methoxy groups -OCH3 is 1. The molecule has 2 aliphatic rings. The van der Waals surface area contributed by atoms with Crippen LogP contribution in [-0.2, 0) is 16.0 Å². The lowest BCUT2D eigenvalue weighted by Gasteiger charge is -2.25. The van der Waals surface area contributed by atoms with Crippen molar-refractivity contribution in [1.29, 1.82) is 0 Å². The van der Waals surface area contributed by atoms with Crippen molar-refractivity contribution in [2.45, 2.75) is 11.3 Å². The summed E-state index contributed by atoms with van der Waals surface area (Å²) in [7, 11) is 1.65. The third-order valence-corrected chi connectivity index (χ3v) is 4.29. The van der Waals surface area contributed by atoms with Crippen LogP contribution in [0.5, 0.6) is 5.75 Å². The molecule has 0 saturated heterocycles. The summed E-state index contributed by atoms with van der Waals surface area (Å²) in [5, 5.41) is 0. The summed E-state index contributed by atoms with van der Waals surface area (Å²) in [6.07, 6.45) is 0.813. The van der Waals surface area contributed by atoms with Crippen LogP contribution in [0, 0.1) is 0 Å². The molecule has 3 rings (SSSR count). The van der Waals surface area contributed by atoms with E-state index >= 15 is 0 Å². The molecule has 88 valence electrons. The highest BCUT2D eigenvalue weighted by molar-refractivity contribution is 8.04. The van der Waals surface area contributed by atoms with Crippen molar-refractivity contribution < 1.29 is 14.3 Å². The van der Waals surface area contributed by atoms with Crippen LogP contribution in [0.15, 0.2) is 33.6 Å². The normalized spacial score (nSPS) is 18.8. The first-order chi connectivity index (χ1) is 8.28. The third kappa shape index (κ3) is 1.87. The molecule has 0 spiro atoms. The third-order valence-electron chi connectivity index (χ3n) is 2.97. The number of rotatable bonds is 1. The van der Waals surface area contributed by atoms with E-state index in [-0.39, 0.29) is 12.4 Å². The molecule has 0 atom stereocenters. The van der Waals surface area contributed by atoms with Gasteiger partial charge in [-0.1, -0.05) is 17.8 Å². The fourth-order valence-corrected chi connectivity index (χ4v) is 3.21. The maximum Gasteiger partial charge on any atom is 0.195 e. The average Bonchev–Trinajstić information content (AvgIpc) is 2.37. The summed E-state index contributed by atoms with van der Waals surface area (Å²) < 4.78 is 10.5. The molecule has 2 aliphatic heterocycles. The minimum absolute atomic E-state index is 0.102. The van der Waals surface area contributed by atoms with E-state index in [1.807, 2.05) is 12.1 Å². The van der Waals surface area contributed by atoms with E-state index in [2.05, 4.69) is 6.07 Å². The number of carbonyl (C=O) groups excluding carboxylic acids is 1. The molecule has 0 fully saturated rings. The van der Waals surface area contributed by atoms with E-state index in [1.165, 1.54) is 5.56 Å². The molecule has 0 unspecified atom stereocenters. The molecule has 17 heavy (non-hydrogen) atoms. The van der Waals surface area contributed by atoms with Crippen molar-refractivity contribution >= 4 is 17.5 Å². The van der Waals surface area contributed by atoms with Gasteiger partial charge in [0, 0.05) is 4.90 Å². The molecular weight excluding hydrogens is 236 g/mol. The van der Waals surface area contributed by atoms with Crippen molar-refractivity contribution in [2.75, 3.05) is 20.3 Å². The second-order valence-electron chi connectivity index (χ2n) is 4.10. The lowest BCUT2D eigenvalue weighted by atomic mass is 10.0. The van der Waals surface area contributed by atoms with Crippen LogP contribution in [0.2, 0.25) is 0 Å². The molecule has 0 aromatic heterocycles. The molecule has 0 saturated carbocycles. The highest BCUT2D eigenvalue weighted by Gasteiger charge is 2.27. The van der Waals surface area contributed by atoms with Gasteiger partial charge in [-0.25, -0.2) is 0 Å². The Morgan fingerprint density at radius 3 is 3.06 bits per heavy atom. The molecule has 0 bridgehead atoms. The van der Waals surface area contributed by atoms with Crippen LogP contribution >= 0.6 is 11.8 Å². The van der Waals surface area contributed by atoms with Gasteiger partial charge in [0.25, 0.3) is 0 Å². The minimum Gasteiger partial charge on any atom is -0.497 e. The molecule has 0 radical (unpaired) electrons. The Hall–Kier alpha value is -1.26. The van der Waals surface area contributed by atoms with Crippen molar-refractivity contribution in [3.05, 3.63) is 34.2 Å². The van der Waals surface area contributed by atoms with Crippen LogP contribution < -0.4 is 4.74 Å². The van der Waals surface area contributed by atoms with Crippen molar-refractivity contribution in [3.8, 4) is 5.75 Å². The second kappa shape index (κ2) is 4.20. The number of benzene rings is 1. The SMILES string of the molecule is COc1ccc2c(c1)SC1=C(COCC1=O)C2. The van der Waals surface area contributed by atoms with E-state index in [4.69, 9.17) is 9.47 Å². The van der Waals surface area contributed by atoms with Crippen LogP contribution in [0.3, 0.4) is 0 Å². The first kappa shape index (κ1) is 10.9. The van der Waals surface area contributed by atoms with Gasteiger partial charge in [-0.05, 0) is 29.7 Å². The largest absolute Gasteiger partial charge is 0.497 e. The summed E-state index contributed by atoms with van der Waals surface area (Å²) in [5.74, 6) is 0.935. The van der Waals surface area contributed by atoms with E-state index in [1.54, 1.807) is 18.9 Å². The predicted octanol–water partition coefficient (Wildman–Crippen LogP) is 2.20. The highest BCUT2D eigenvalue weighted by atomic mass is 32.2. The van der Waals surface area contributed by atoms with Crippen LogP contribution in [0.4, 0.5) is 0 Å². The van der Waals surface area contributed by atoms with Crippen LogP contribution in [-0.4, -0.2) is 26.1 Å². The van der Waals surface area contributed by atoms with Gasteiger partial charge in [0.05, 0.1) is 18.6 Å². The van der Waals surface area contributed by atoms with E-state index < -0.39 is 0 Å². The highest BCUT2D eigenvalue weighted by Crippen LogP contribution is 2.41. The Labute approximate surface area is 104 Å². The molecule has 0 aliphatic carbocycles. The summed E-state index contributed by atoms with van der Waals surface area (Å²) in [6.45, 7) is 0.796. The van der Waals surface area contributed by atoms with Crippen LogP contribution in [0.1, 0.15) is 5.56 Å². The van der Waals surface area contributed by atoms with Crippen molar-refractivity contribution in [2.24, 2.45) is 0 Å².